The zero-order valence-electron chi connectivity index (χ0n) is 18.3. The number of aromatic amines is 1. The van der Waals surface area contributed by atoms with Crippen molar-refractivity contribution in [3.05, 3.63) is 69.7 Å². The largest absolute Gasteiger partial charge is 0.506 e. The van der Waals surface area contributed by atoms with E-state index in [-0.39, 0.29) is 24.2 Å². The number of benzene rings is 1. The third-order valence-corrected chi connectivity index (χ3v) is 5.13. The minimum absolute atomic E-state index is 0.186. The zero-order valence-corrected chi connectivity index (χ0v) is 18.3. The van der Waals surface area contributed by atoms with Crippen LogP contribution in [0.2, 0.25) is 0 Å². The number of ether oxygens (including phenoxy) is 3. The molecule has 0 radical (unpaired) electrons. The van der Waals surface area contributed by atoms with Gasteiger partial charge in [-0.15, -0.1) is 0 Å². The normalized spacial score (nSPS) is 11.6. The first-order valence-electron chi connectivity index (χ1n) is 9.84. The van der Waals surface area contributed by atoms with Crippen LogP contribution in [0.3, 0.4) is 0 Å². The average Bonchev–Trinajstić information content (AvgIpc) is 3.20. The van der Waals surface area contributed by atoms with Crippen molar-refractivity contribution in [3.63, 3.8) is 0 Å². The SMILES string of the molecule is COC(=O)c1c[nH]c(=O)c(C(CC(N)=O)c2ccc(OCc3nccn3C)c(OC)c2)c1O. The molecule has 0 aliphatic heterocycles. The number of aromatic nitrogens is 3. The predicted octanol–water partition coefficient (Wildman–Crippen LogP) is 1.20. The van der Waals surface area contributed by atoms with Crippen LogP contribution in [-0.2, 0) is 23.2 Å². The molecule has 1 aromatic carbocycles. The van der Waals surface area contributed by atoms with Crippen molar-refractivity contribution < 1.29 is 28.9 Å². The summed E-state index contributed by atoms with van der Waals surface area (Å²) in [4.78, 5) is 43.0. The average molecular weight is 456 g/mol. The van der Waals surface area contributed by atoms with Crippen LogP contribution in [0.15, 0.2) is 41.6 Å². The predicted molar refractivity (Wildman–Crippen MR) is 116 cm³/mol. The van der Waals surface area contributed by atoms with Gasteiger partial charge in [-0.2, -0.15) is 0 Å². The minimum atomic E-state index is -0.964. The monoisotopic (exact) mass is 456 g/mol. The Balaban J connectivity index is 2.03. The molecule has 0 saturated heterocycles. The van der Waals surface area contributed by atoms with E-state index in [0.29, 0.717) is 22.9 Å². The van der Waals surface area contributed by atoms with Gasteiger partial charge in [-0.05, 0) is 17.7 Å². The number of amides is 1. The molecule has 0 aliphatic carbocycles. The molecule has 4 N–H and O–H groups in total. The number of primary amides is 1. The first-order chi connectivity index (χ1) is 15.8. The maximum absolute atomic E-state index is 12.6. The molecule has 0 bridgehead atoms. The topological polar surface area (TPSA) is 159 Å². The van der Waals surface area contributed by atoms with Crippen LogP contribution in [0, 0.1) is 0 Å². The van der Waals surface area contributed by atoms with Crippen molar-refractivity contribution in [1.29, 1.82) is 0 Å². The van der Waals surface area contributed by atoms with E-state index in [0.717, 1.165) is 13.3 Å². The van der Waals surface area contributed by atoms with E-state index in [1.165, 1.54) is 7.11 Å². The Morgan fingerprint density at radius 2 is 2.03 bits per heavy atom. The van der Waals surface area contributed by atoms with Crippen LogP contribution in [0.5, 0.6) is 17.2 Å². The summed E-state index contributed by atoms with van der Waals surface area (Å²) in [6.07, 6.45) is 4.18. The summed E-state index contributed by atoms with van der Waals surface area (Å²) in [5.74, 6) is -1.68. The third kappa shape index (κ3) is 4.97. The summed E-state index contributed by atoms with van der Waals surface area (Å²) in [5.41, 5.74) is 4.74. The van der Waals surface area contributed by atoms with Gasteiger partial charge in [0.05, 0.1) is 19.8 Å². The van der Waals surface area contributed by atoms with Gasteiger partial charge in [-0.1, -0.05) is 6.07 Å². The van der Waals surface area contributed by atoms with Crippen molar-refractivity contribution in [1.82, 2.24) is 14.5 Å². The van der Waals surface area contributed by atoms with Crippen molar-refractivity contribution in [2.75, 3.05) is 14.2 Å². The molecule has 1 amide bonds. The molecule has 11 nitrogen and oxygen atoms in total. The number of imidazole rings is 1. The van der Waals surface area contributed by atoms with Gasteiger partial charge in [0.15, 0.2) is 11.5 Å². The quantitative estimate of drug-likeness (QED) is 0.405. The fourth-order valence-electron chi connectivity index (χ4n) is 3.41. The van der Waals surface area contributed by atoms with Crippen LogP contribution in [0.25, 0.3) is 0 Å². The van der Waals surface area contributed by atoms with E-state index in [9.17, 15) is 19.5 Å². The number of nitrogens with zero attached hydrogens (tertiary/aromatic N) is 2. The molecule has 0 aliphatic rings. The Morgan fingerprint density at radius 1 is 1.27 bits per heavy atom. The number of carbonyl (C=O) groups excluding carboxylic acids is 2. The van der Waals surface area contributed by atoms with Crippen LogP contribution in [-0.4, -0.2) is 45.7 Å². The summed E-state index contributed by atoms with van der Waals surface area (Å²) in [5, 5.41) is 10.7. The number of aryl methyl sites for hydroxylation is 1. The Kier molecular flexibility index (Phi) is 7.01. The van der Waals surface area contributed by atoms with Crippen LogP contribution >= 0.6 is 0 Å². The van der Waals surface area contributed by atoms with Crippen LogP contribution in [0.1, 0.15) is 39.6 Å². The number of rotatable bonds is 9. The minimum Gasteiger partial charge on any atom is -0.506 e. The maximum Gasteiger partial charge on any atom is 0.343 e. The number of hydrogen-bond acceptors (Lipinski definition) is 8. The molecule has 0 fully saturated rings. The molecule has 3 rings (SSSR count). The first kappa shape index (κ1) is 23.4. The highest BCUT2D eigenvalue weighted by molar-refractivity contribution is 5.92. The van der Waals surface area contributed by atoms with Gasteiger partial charge in [-0.25, -0.2) is 9.78 Å². The van der Waals surface area contributed by atoms with Gasteiger partial charge in [0.2, 0.25) is 5.91 Å². The van der Waals surface area contributed by atoms with Crippen LogP contribution in [0.4, 0.5) is 0 Å². The van der Waals surface area contributed by atoms with Gasteiger partial charge in [-0.3, -0.25) is 9.59 Å². The Morgan fingerprint density at radius 3 is 2.64 bits per heavy atom. The van der Waals surface area contributed by atoms with Gasteiger partial charge >= 0.3 is 5.97 Å². The highest BCUT2D eigenvalue weighted by Crippen LogP contribution is 2.37. The second-order valence-corrected chi connectivity index (χ2v) is 7.16. The molecule has 11 heteroatoms. The van der Waals surface area contributed by atoms with E-state index in [1.807, 2.05) is 11.6 Å². The Hall–Kier alpha value is -4.28. The summed E-state index contributed by atoms with van der Waals surface area (Å²) in [7, 11) is 4.42. The van der Waals surface area contributed by atoms with Gasteiger partial charge in [0.25, 0.3) is 5.56 Å². The number of H-pyrrole nitrogens is 1. The summed E-state index contributed by atoms with van der Waals surface area (Å²) >= 11 is 0. The molecule has 2 heterocycles. The lowest BCUT2D eigenvalue weighted by atomic mass is 9.87. The Labute approximate surface area is 188 Å². The molecule has 33 heavy (non-hydrogen) atoms. The molecule has 1 unspecified atom stereocenters. The van der Waals surface area contributed by atoms with Crippen molar-refractivity contribution in [3.8, 4) is 17.2 Å². The van der Waals surface area contributed by atoms with Crippen molar-refractivity contribution in [2.45, 2.75) is 18.9 Å². The van der Waals surface area contributed by atoms with Crippen LogP contribution < -0.4 is 20.8 Å². The summed E-state index contributed by atoms with van der Waals surface area (Å²) in [6, 6.07) is 4.80. The third-order valence-electron chi connectivity index (χ3n) is 5.13. The van der Waals surface area contributed by atoms with E-state index >= 15 is 0 Å². The van der Waals surface area contributed by atoms with Gasteiger partial charge in [0.1, 0.15) is 23.7 Å². The smallest absolute Gasteiger partial charge is 0.343 e. The summed E-state index contributed by atoms with van der Waals surface area (Å²) in [6.45, 7) is 0.186. The van der Waals surface area contributed by atoms with Crippen molar-refractivity contribution >= 4 is 11.9 Å². The highest BCUT2D eigenvalue weighted by Gasteiger charge is 2.28. The van der Waals surface area contributed by atoms with Gasteiger partial charge in [0, 0.05) is 38.0 Å². The first-order valence-corrected chi connectivity index (χ1v) is 9.84. The number of esters is 1. The molecular weight excluding hydrogens is 432 g/mol. The molecular formula is C22H24N4O7. The number of methoxy groups -OCH3 is 2. The molecule has 3 aromatic rings. The second kappa shape index (κ2) is 9.90. The number of aromatic hydroxyl groups is 1. The summed E-state index contributed by atoms with van der Waals surface area (Å²) < 4.78 is 17.7. The van der Waals surface area contributed by atoms with E-state index < -0.39 is 29.1 Å². The number of carbonyl (C=O) groups is 2. The fraction of sp³-hybridized carbons (Fsp3) is 0.273. The number of pyridine rings is 1. The zero-order chi connectivity index (χ0) is 24.1. The molecule has 1 atom stereocenters. The number of nitrogens with one attached hydrogen (secondary N) is 1. The van der Waals surface area contributed by atoms with E-state index in [2.05, 4.69) is 14.7 Å². The lowest BCUT2D eigenvalue weighted by Gasteiger charge is -2.20. The van der Waals surface area contributed by atoms with E-state index in [4.69, 9.17) is 15.2 Å². The Bertz CT molecular complexity index is 1230. The van der Waals surface area contributed by atoms with Crippen molar-refractivity contribution in [2.24, 2.45) is 12.8 Å². The molecule has 0 saturated carbocycles. The molecule has 174 valence electrons. The van der Waals surface area contributed by atoms with Gasteiger partial charge < -0.3 is 34.6 Å². The number of nitrogens with two attached hydrogens (primary N) is 1. The second-order valence-electron chi connectivity index (χ2n) is 7.16. The fourth-order valence-corrected chi connectivity index (χ4v) is 3.41. The van der Waals surface area contributed by atoms with E-state index in [1.54, 1.807) is 30.6 Å². The molecule has 0 spiro atoms. The molecule has 2 aromatic heterocycles. The lowest BCUT2D eigenvalue weighted by Crippen LogP contribution is -2.24. The lowest BCUT2D eigenvalue weighted by molar-refractivity contribution is -0.118. The maximum atomic E-state index is 12.6. The standard InChI is InChI=1S/C22H24N4O7/c1-26-7-6-24-18(26)11-33-15-5-4-12(8-16(15)31-2)13(9-17(23)27)19-20(28)14(22(30)32-3)10-25-21(19)29/h4-8,10,13H,9,11H2,1-3H3,(H2,23,27)(H2,25,28,29). The number of hydrogen-bond donors (Lipinski definition) is 3. The highest BCUT2D eigenvalue weighted by atomic mass is 16.5.